The third-order valence-electron chi connectivity index (χ3n) is 3.23. The lowest BCUT2D eigenvalue weighted by atomic mass is 10.0. The number of hydrogen-bond acceptors (Lipinski definition) is 4. The Labute approximate surface area is 129 Å². The van der Waals surface area contributed by atoms with Crippen LogP contribution in [0.25, 0.3) is 0 Å². The molecule has 0 aliphatic heterocycles. The van der Waals surface area contributed by atoms with Gasteiger partial charge in [-0.25, -0.2) is 13.1 Å². The second-order valence-electron chi connectivity index (χ2n) is 5.15. The van der Waals surface area contributed by atoms with Gasteiger partial charge in [-0.1, -0.05) is 26.0 Å². The van der Waals surface area contributed by atoms with Gasteiger partial charge < -0.3 is 5.11 Å². The number of rotatable bonds is 6. The average Bonchev–Trinajstić information content (AvgIpc) is 2.99. The molecule has 21 heavy (non-hydrogen) atoms. The topological polar surface area (TPSA) is 66.4 Å². The van der Waals surface area contributed by atoms with Crippen molar-refractivity contribution >= 4 is 21.4 Å². The predicted octanol–water partition coefficient (Wildman–Crippen LogP) is 2.88. The van der Waals surface area contributed by atoms with Crippen LogP contribution in [-0.4, -0.2) is 20.1 Å². The lowest BCUT2D eigenvalue weighted by Crippen LogP contribution is -2.28. The molecule has 0 bridgehead atoms. The molecule has 0 saturated heterocycles. The Bertz CT molecular complexity index is 679. The summed E-state index contributed by atoms with van der Waals surface area (Å²) in [5, 5.41) is 13.6. The van der Waals surface area contributed by atoms with Crippen molar-refractivity contribution in [1.29, 1.82) is 0 Å². The SMILES string of the molecule is CC(C)c1cccc(S(=O)(=O)NCC(O)c2ccsc2)c1. The van der Waals surface area contributed by atoms with Gasteiger partial charge in [0.05, 0.1) is 11.0 Å². The largest absolute Gasteiger partial charge is 0.387 e. The van der Waals surface area contributed by atoms with Crippen LogP contribution in [0.1, 0.15) is 37.0 Å². The van der Waals surface area contributed by atoms with Crippen LogP contribution in [0.2, 0.25) is 0 Å². The Morgan fingerprint density at radius 3 is 2.62 bits per heavy atom. The fourth-order valence-electron chi connectivity index (χ4n) is 1.90. The fraction of sp³-hybridized carbons (Fsp3) is 0.333. The molecule has 0 aliphatic carbocycles. The Morgan fingerprint density at radius 1 is 1.24 bits per heavy atom. The van der Waals surface area contributed by atoms with Crippen molar-refractivity contribution in [2.24, 2.45) is 0 Å². The summed E-state index contributed by atoms with van der Waals surface area (Å²) in [5.74, 6) is 0.261. The number of thiophene rings is 1. The highest BCUT2D eigenvalue weighted by atomic mass is 32.2. The fourth-order valence-corrected chi connectivity index (χ4v) is 3.70. The normalized spacial score (nSPS) is 13.5. The maximum Gasteiger partial charge on any atom is 0.240 e. The highest BCUT2D eigenvalue weighted by molar-refractivity contribution is 7.89. The number of nitrogens with one attached hydrogen (secondary N) is 1. The number of benzene rings is 1. The number of sulfonamides is 1. The van der Waals surface area contributed by atoms with Crippen LogP contribution in [0.15, 0.2) is 46.0 Å². The zero-order chi connectivity index (χ0) is 15.5. The van der Waals surface area contributed by atoms with Crippen molar-refractivity contribution in [1.82, 2.24) is 4.72 Å². The summed E-state index contributed by atoms with van der Waals surface area (Å²) >= 11 is 1.47. The van der Waals surface area contributed by atoms with E-state index in [1.54, 1.807) is 29.6 Å². The van der Waals surface area contributed by atoms with Crippen molar-refractivity contribution < 1.29 is 13.5 Å². The predicted molar refractivity (Wildman–Crippen MR) is 85.0 cm³/mol. The Kier molecular flexibility index (Phi) is 5.16. The second-order valence-corrected chi connectivity index (χ2v) is 7.70. The van der Waals surface area contributed by atoms with E-state index in [1.807, 2.05) is 25.3 Å². The molecule has 1 unspecified atom stereocenters. The monoisotopic (exact) mass is 325 g/mol. The van der Waals surface area contributed by atoms with E-state index in [0.717, 1.165) is 11.1 Å². The Balaban J connectivity index is 2.10. The van der Waals surface area contributed by atoms with Crippen molar-refractivity contribution in [2.45, 2.75) is 30.8 Å². The third-order valence-corrected chi connectivity index (χ3v) is 5.35. The second kappa shape index (κ2) is 6.70. The summed E-state index contributed by atoms with van der Waals surface area (Å²) in [6, 6.07) is 8.65. The molecule has 1 aromatic heterocycles. The lowest BCUT2D eigenvalue weighted by molar-refractivity contribution is 0.182. The van der Waals surface area contributed by atoms with Crippen LogP contribution >= 0.6 is 11.3 Å². The Hall–Kier alpha value is -1.21. The van der Waals surface area contributed by atoms with Gasteiger partial charge in [0.15, 0.2) is 0 Å². The summed E-state index contributed by atoms with van der Waals surface area (Å²) < 4.78 is 27.0. The van der Waals surface area contributed by atoms with E-state index in [9.17, 15) is 13.5 Å². The smallest absolute Gasteiger partial charge is 0.240 e. The first-order valence-electron chi connectivity index (χ1n) is 6.70. The van der Waals surface area contributed by atoms with E-state index in [4.69, 9.17) is 0 Å². The average molecular weight is 325 g/mol. The van der Waals surface area contributed by atoms with E-state index in [2.05, 4.69) is 4.72 Å². The van der Waals surface area contributed by atoms with Gasteiger partial charge in [-0.15, -0.1) is 0 Å². The molecule has 2 rings (SSSR count). The Morgan fingerprint density at radius 2 is 2.00 bits per heavy atom. The summed E-state index contributed by atoms with van der Waals surface area (Å²) in [6.45, 7) is 3.99. The summed E-state index contributed by atoms with van der Waals surface area (Å²) in [4.78, 5) is 0.228. The van der Waals surface area contributed by atoms with Gasteiger partial charge in [0.2, 0.25) is 10.0 Å². The molecular formula is C15H19NO3S2. The van der Waals surface area contributed by atoms with Gasteiger partial charge >= 0.3 is 0 Å². The number of aliphatic hydroxyl groups excluding tert-OH is 1. The molecule has 4 nitrogen and oxygen atoms in total. The zero-order valence-corrected chi connectivity index (χ0v) is 13.6. The van der Waals surface area contributed by atoms with Gasteiger partial charge in [-0.3, -0.25) is 0 Å². The first-order valence-corrected chi connectivity index (χ1v) is 9.12. The molecule has 1 aromatic carbocycles. The third kappa shape index (κ3) is 4.14. The highest BCUT2D eigenvalue weighted by Gasteiger charge is 2.17. The minimum Gasteiger partial charge on any atom is -0.387 e. The lowest BCUT2D eigenvalue weighted by Gasteiger charge is -2.12. The van der Waals surface area contributed by atoms with Gasteiger partial charge in [0.25, 0.3) is 0 Å². The maximum atomic E-state index is 12.3. The molecule has 6 heteroatoms. The quantitative estimate of drug-likeness (QED) is 0.858. The minimum absolute atomic E-state index is 0.0367. The van der Waals surface area contributed by atoms with Crippen molar-refractivity contribution in [3.63, 3.8) is 0 Å². The molecule has 1 atom stereocenters. The summed E-state index contributed by atoms with van der Waals surface area (Å²) in [7, 11) is -3.61. The minimum atomic E-state index is -3.61. The number of aliphatic hydroxyl groups is 1. The molecule has 1 heterocycles. The molecule has 0 fully saturated rings. The van der Waals surface area contributed by atoms with Crippen LogP contribution in [0.4, 0.5) is 0 Å². The van der Waals surface area contributed by atoms with Crippen LogP contribution in [0, 0.1) is 0 Å². The summed E-state index contributed by atoms with van der Waals surface area (Å²) in [5.41, 5.74) is 1.69. The standard InChI is InChI=1S/C15H19NO3S2/c1-11(2)12-4-3-5-14(8-12)21(18,19)16-9-15(17)13-6-7-20-10-13/h3-8,10-11,15-17H,9H2,1-2H3. The van der Waals surface area contributed by atoms with Gasteiger partial charge in [-0.05, 0) is 46.0 Å². The maximum absolute atomic E-state index is 12.3. The first-order chi connectivity index (χ1) is 9.90. The summed E-state index contributed by atoms with van der Waals surface area (Å²) in [6.07, 6.45) is -0.834. The van der Waals surface area contributed by atoms with Crippen molar-refractivity contribution in [3.8, 4) is 0 Å². The van der Waals surface area contributed by atoms with Gasteiger partial charge in [0, 0.05) is 6.54 Å². The molecule has 2 N–H and O–H groups in total. The van der Waals surface area contributed by atoms with Crippen LogP contribution in [-0.2, 0) is 10.0 Å². The van der Waals surface area contributed by atoms with E-state index in [1.165, 1.54) is 11.3 Å². The molecule has 0 saturated carbocycles. The molecule has 0 radical (unpaired) electrons. The first kappa shape index (κ1) is 16.2. The van der Waals surface area contributed by atoms with Crippen LogP contribution in [0.3, 0.4) is 0 Å². The molecule has 0 amide bonds. The van der Waals surface area contributed by atoms with Gasteiger partial charge in [-0.2, -0.15) is 11.3 Å². The van der Waals surface area contributed by atoms with Crippen LogP contribution < -0.4 is 4.72 Å². The van der Waals surface area contributed by atoms with E-state index >= 15 is 0 Å². The van der Waals surface area contributed by atoms with E-state index in [-0.39, 0.29) is 17.4 Å². The van der Waals surface area contributed by atoms with Gasteiger partial charge in [0.1, 0.15) is 0 Å². The van der Waals surface area contributed by atoms with Crippen molar-refractivity contribution in [3.05, 3.63) is 52.2 Å². The zero-order valence-electron chi connectivity index (χ0n) is 12.0. The molecular weight excluding hydrogens is 306 g/mol. The van der Waals surface area contributed by atoms with Crippen molar-refractivity contribution in [2.75, 3.05) is 6.54 Å². The van der Waals surface area contributed by atoms with E-state index < -0.39 is 16.1 Å². The number of hydrogen-bond donors (Lipinski definition) is 2. The van der Waals surface area contributed by atoms with E-state index in [0.29, 0.717) is 0 Å². The molecule has 0 aliphatic rings. The molecule has 0 spiro atoms. The molecule has 114 valence electrons. The van der Waals surface area contributed by atoms with Crippen LogP contribution in [0.5, 0.6) is 0 Å². The highest BCUT2D eigenvalue weighted by Crippen LogP contribution is 2.20. The molecule has 2 aromatic rings.